The van der Waals surface area contributed by atoms with E-state index >= 15 is 0 Å². The first-order chi connectivity index (χ1) is 8.85. The van der Waals surface area contributed by atoms with Crippen LogP contribution >= 0.6 is 0 Å². The second-order valence-electron chi connectivity index (χ2n) is 4.02. The van der Waals surface area contributed by atoms with Crippen molar-refractivity contribution in [3.63, 3.8) is 0 Å². The van der Waals surface area contributed by atoms with Crippen LogP contribution in [0.3, 0.4) is 0 Å². The maximum absolute atomic E-state index is 5.61. The lowest BCUT2D eigenvalue weighted by Gasteiger charge is -2.03. The summed E-state index contributed by atoms with van der Waals surface area (Å²) in [5.74, 6) is 0. The Morgan fingerprint density at radius 1 is 1.11 bits per heavy atom. The maximum atomic E-state index is 5.61. The van der Waals surface area contributed by atoms with Crippen LogP contribution in [0.25, 0.3) is 11.1 Å². The Hall–Kier alpha value is -2.33. The lowest BCUT2D eigenvalue weighted by Crippen LogP contribution is -1.97. The van der Waals surface area contributed by atoms with Gasteiger partial charge in [-0.1, -0.05) is 24.3 Å². The van der Waals surface area contributed by atoms with E-state index in [9.17, 15) is 0 Å². The zero-order chi connectivity index (χ0) is 12.4. The Morgan fingerprint density at radius 3 is 2.83 bits per heavy atom. The summed E-state index contributed by atoms with van der Waals surface area (Å²) in [5.41, 5.74) is 9.21. The minimum atomic E-state index is 0.491. The molecule has 3 rings (SSSR count). The van der Waals surface area contributed by atoms with Crippen LogP contribution in [0, 0.1) is 0 Å². The van der Waals surface area contributed by atoms with Gasteiger partial charge in [-0.2, -0.15) is 4.98 Å². The molecule has 0 saturated carbocycles. The van der Waals surface area contributed by atoms with Gasteiger partial charge in [0.15, 0.2) is 5.58 Å². The fraction of sp³-hybridized carbons (Fsp3) is 0.0714. The number of rotatable bonds is 3. The van der Waals surface area contributed by atoms with Crippen LogP contribution in [0.4, 0.5) is 11.7 Å². The summed E-state index contributed by atoms with van der Waals surface area (Å²) in [6.07, 6.45) is 0. The molecule has 0 radical (unpaired) electrons. The van der Waals surface area contributed by atoms with Crippen molar-refractivity contribution in [1.29, 1.82) is 0 Å². The molecule has 1 aromatic heterocycles. The summed E-state index contributed by atoms with van der Waals surface area (Å²) in [5, 5.41) is 3.13. The van der Waals surface area contributed by atoms with E-state index in [-0.39, 0.29) is 0 Å². The first kappa shape index (κ1) is 10.8. The van der Waals surface area contributed by atoms with Crippen LogP contribution in [0.2, 0.25) is 0 Å². The van der Waals surface area contributed by atoms with Crippen LogP contribution in [0.15, 0.2) is 52.9 Å². The molecule has 0 spiro atoms. The molecule has 0 fully saturated rings. The van der Waals surface area contributed by atoms with Gasteiger partial charge in [0.05, 0.1) is 0 Å². The minimum absolute atomic E-state index is 0.491. The number of anilines is 2. The smallest absolute Gasteiger partial charge is 0.300 e. The van der Waals surface area contributed by atoms with E-state index in [0.29, 0.717) is 12.6 Å². The number of nitrogens with one attached hydrogen (secondary N) is 1. The number of nitrogens with zero attached hydrogens (tertiary/aromatic N) is 1. The standard InChI is InChI=1S/C14H13N3O/c15-9-10-4-3-5-11(8-10)16-14-17-12-6-1-2-7-13(12)18-14/h1-8H,9,15H2,(H,16,17). The van der Waals surface area contributed by atoms with Gasteiger partial charge in [-0.3, -0.25) is 0 Å². The summed E-state index contributed by atoms with van der Waals surface area (Å²) in [6.45, 7) is 0.517. The van der Waals surface area contributed by atoms with Crippen molar-refractivity contribution in [3.8, 4) is 0 Å². The van der Waals surface area contributed by atoms with Crippen LogP contribution in [0.1, 0.15) is 5.56 Å². The van der Waals surface area contributed by atoms with Crippen LogP contribution < -0.4 is 11.1 Å². The Morgan fingerprint density at radius 2 is 2.00 bits per heavy atom. The molecule has 4 heteroatoms. The average molecular weight is 239 g/mol. The lowest BCUT2D eigenvalue weighted by atomic mass is 10.2. The molecule has 0 aliphatic carbocycles. The molecule has 0 aliphatic rings. The molecule has 2 aromatic carbocycles. The lowest BCUT2D eigenvalue weighted by molar-refractivity contribution is 0.623. The number of benzene rings is 2. The number of aromatic nitrogens is 1. The van der Waals surface area contributed by atoms with Crippen molar-refractivity contribution in [1.82, 2.24) is 4.98 Å². The SMILES string of the molecule is NCc1cccc(Nc2nc3ccccc3o2)c1. The van der Waals surface area contributed by atoms with Crippen molar-refractivity contribution in [2.75, 3.05) is 5.32 Å². The third-order valence-corrected chi connectivity index (χ3v) is 2.71. The number of hydrogen-bond donors (Lipinski definition) is 2. The summed E-state index contributed by atoms with van der Waals surface area (Å²) in [6, 6.07) is 16.0. The van der Waals surface area contributed by atoms with Gasteiger partial charge in [-0.15, -0.1) is 0 Å². The second kappa shape index (κ2) is 4.50. The van der Waals surface area contributed by atoms with Crippen LogP contribution in [-0.2, 0) is 6.54 Å². The van der Waals surface area contributed by atoms with E-state index in [4.69, 9.17) is 10.2 Å². The molecule has 4 nitrogen and oxygen atoms in total. The second-order valence-corrected chi connectivity index (χ2v) is 4.02. The fourth-order valence-corrected chi connectivity index (χ4v) is 1.83. The largest absolute Gasteiger partial charge is 0.423 e. The minimum Gasteiger partial charge on any atom is -0.423 e. The van der Waals surface area contributed by atoms with Crippen molar-refractivity contribution < 1.29 is 4.42 Å². The molecule has 0 aliphatic heterocycles. The topological polar surface area (TPSA) is 64.1 Å². The predicted octanol–water partition coefficient (Wildman–Crippen LogP) is 3.03. The van der Waals surface area contributed by atoms with Crippen molar-refractivity contribution in [3.05, 3.63) is 54.1 Å². The molecule has 3 aromatic rings. The van der Waals surface area contributed by atoms with E-state index in [1.807, 2.05) is 48.5 Å². The predicted molar refractivity (Wildman–Crippen MR) is 71.6 cm³/mol. The van der Waals surface area contributed by atoms with Gasteiger partial charge in [0.2, 0.25) is 0 Å². The molecule has 0 atom stereocenters. The Kier molecular flexibility index (Phi) is 2.70. The average Bonchev–Trinajstić information content (AvgIpc) is 2.81. The third kappa shape index (κ3) is 2.06. The number of oxazole rings is 1. The van der Waals surface area contributed by atoms with Crippen LogP contribution in [0.5, 0.6) is 0 Å². The molecule has 18 heavy (non-hydrogen) atoms. The molecule has 3 N–H and O–H groups in total. The number of para-hydroxylation sites is 2. The molecule has 0 saturated heterocycles. The number of nitrogens with two attached hydrogens (primary N) is 1. The van der Waals surface area contributed by atoms with Gasteiger partial charge in [0.1, 0.15) is 5.52 Å². The Bertz CT molecular complexity index is 642. The van der Waals surface area contributed by atoms with Crippen molar-refractivity contribution in [2.24, 2.45) is 5.73 Å². The van der Waals surface area contributed by atoms with Gasteiger partial charge in [0.25, 0.3) is 6.01 Å². The highest BCUT2D eigenvalue weighted by molar-refractivity contribution is 5.75. The molecule has 0 unspecified atom stereocenters. The highest BCUT2D eigenvalue weighted by atomic mass is 16.4. The molecular formula is C14H13N3O. The first-order valence-electron chi connectivity index (χ1n) is 5.77. The zero-order valence-corrected chi connectivity index (χ0v) is 9.76. The highest BCUT2D eigenvalue weighted by Gasteiger charge is 2.04. The third-order valence-electron chi connectivity index (χ3n) is 2.71. The Labute approximate surface area is 104 Å². The van der Waals surface area contributed by atoms with Gasteiger partial charge < -0.3 is 15.5 Å². The summed E-state index contributed by atoms with van der Waals surface area (Å²) in [7, 11) is 0. The summed E-state index contributed by atoms with van der Waals surface area (Å²) >= 11 is 0. The first-order valence-corrected chi connectivity index (χ1v) is 5.77. The normalized spacial score (nSPS) is 10.7. The molecule has 1 heterocycles. The van der Waals surface area contributed by atoms with Crippen molar-refractivity contribution >= 4 is 22.8 Å². The van der Waals surface area contributed by atoms with E-state index in [1.54, 1.807) is 0 Å². The highest BCUT2D eigenvalue weighted by Crippen LogP contribution is 2.22. The van der Waals surface area contributed by atoms with Gasteiger partial charge in [-0.25, -0.2) is 0 Å². The van der Waals surface area contributed by atoms with E-state index in [0.717, 1.165) is 22.4 Å². The van der Waals surface area contributed by atoms with Crippen molar-refractivity contribution in [2.45, 2.75) is 6.54 Å². The molecule has 0 amide bonds. The van der Waals surface area contributed by atoms with Gasteiger partial charge in [-0.05, 0) is 29.8 Å². The van der Waals surface area contributed by atoms with E-state index < -0.39 is 0 Å². The zero-order valence-electron chi connectivity index (χ0n) is 9.76. The molecular weight excluding hydrogens is 226 g/mol. The number of hydrogen-bond acceptors (Lipinski definition) is 4. The maximum Gasteiger partial charge on any atom is 0.300 e. The Balaban J connectivity index is 1.91. The van der Waals surface area contributed by atoms with E-state index in [1.165, 1.54) is 0 Å². The summed E-state index contributed by atoms with van der Waals surface area (Å²) < 4.78 is 5.59. The fourth-order valence-electron chi connectivity index (χ4n) is 1.83. The molecule has 0 bridgehead atoms. The van der Waals surface area contributed by atoms with E-state index in [2.05, 4.69) is 10.3 Å². The monoisotopic (exact) mass is 239 g/mol. The van der Waals surface area contributed by atoms with Crippen LogP contribution in [-0.4, -0.2) is 4.98 Å². The quantitative estimate of drug-likeness (QED) is 0.737. The van der Waals surface area contributed by atoms with Gasteiger partial charge >= 0.3 is 0 Å². The molecule has 90 valence electrons. The van der Waals surface area contributed by atoms with Gasteiger partial charge in [0, 0.05) is 12.2 Å². The summed E-state index contributed by atoms with van der Waals surface area (Å²) in [4.78, 5) is 4.35. The number of fused-ring (bicyclic) bond motifs is 1.